The topological polar surface area (TPSA) is 70.5 Å². The highest BCUT2D eigenvalue weighted by atomic mass is 16.2. The number of hydrogen-bond donors (Lipinski definition) is 1. The third-order valence-electron chi connectivity index (χ3n) is 5.10. The molecule has 1 unspecified atom stereocenters. The highest BCUT2D eigenvalue weighted by Crippen LogP contribution is 2.15. The molecule has 1 atom stereocenters. The minimum absolute atomic E-state index is 0.00556. The predicted octanol–water partition coefficient (Wildman–Crippen LogP) is 2.33. The summed E-state index contributed by atoms with van der Waals surface area (Å²) in [6.07, 6.45) is 4.60. The Morgan fingerprint density at radius 1 is 1.18 bits per heavy atom. The zero-order chi connectivity index (χ0) is 20.1. The fourth-order valence-electron chi connectivity index (χ4n) is 3.41. The molecule has 1 aromatic carbocycles. The van der Waals surface area contributed by atoms with Gasteiger partial charge in [0.15, 0.2) is 0 Å². The molecular weight excluding hydrogens is 354 g/mol. The van der Waals surface area contributed by atoms with Crippen LogP contribution in [0.1, 0.15) is 30.0 Å². The van der Waals surface area contributed by atoms with Gasteiger partial charge in [0.25, 0.3) is 0 Å². The molecular formula is C21H29N5O2. The van der Waals surface area contributed by atoms with E-state index >= 15 is 0 Å². The molecule has 1 saturated heterocycles. The molecule has 2 aromatic rings. The van der Waals surface area contributed by atoms with Crippen molar-refractivity contribution in [2.75, 3.05) is 19.6 Å². The number of rotatable bonds is 6. The van der Waals surface area contributed by atoms with Crippen LogP contribution in [0.4, 0.5) is 4.79 Å². The van der Waals surface area contributed by atoms with Gasteiger partial charge in [-0.3, -0.25) is 9.48 Å². The highest BCUT2D eigenvalue weighted by Gasteiger charge is 2.34. The summed E-state index contributed by atoms with van der Waals surface area (Å²) >= 11 is 0. The molecule has 1 aromatic heterocycles. The van der Waals surface area contributed by atoms with E-state index in [1.807, 2.05) is 48.0 Å². The number of aryl methyl sites for hydroxylation is 3. The molecule has 7 nitrogen and oxygen atoms in total. The largest absolute Gasteiger partial charge is 0.338 e. The van der Waals surface area contributed by atoms with Gasteiger partial charge in [-0.05, 0) is 38.3 Å². The average molecular weight is 383 g/mol. The van der Waals surface area contributed by atoms with Gasteiger partial charge in [-0.25, -0.2) is 4.79 Å². The van der Waals surface area contributed by atoms with Crippen molar-refractivity contribution in [1.82, 2.24) is 24.9 Å². The van der Waals surface area contributed by atoms with Gasteiger partial charge in [0.05, 0.1) is 6.20 Å². The molecule has 150 valence electrons. The van der Waals surface area contributed by atoms with Gasteiger partial charge in [0.2, 0.25) is 5.91 Å². The number of urea groups is 1. The van der Waals surface area contributed by atoms with Crippen molar-refractivity contribution in [2.45, 2.75) is 46.3 Å². The molecule has 2 heterocycles. The lowest BCUT2D eigenvalue weighted by Gasteiger charge is -2.39. The number of nitrogens with one attached hydrogen (secondary N) is 1. The minimum Gasteiger partial charge on any atom is -0.338 e. The minimum atomic E-state index is -0.451. The van der Waals surface area contributed by atoms with Crippen molar-refractivity contribution < 1.29 is 9.59 Å². The summed E-state index contributed by atoms with van der Waals surface area (Å²) in [5.41, 5.74) is 3.44. The van der Waals surface area contributed by atoms with Crippen LogP contribution in [0.3, 0.4) is 0 Å². The van der Waals surface area contributed by atoms with Gasteiger partial charge in [-0.15, -0.1) is 0 Å². The quantitative estimate of drug-likeness (QED) is 0.779. The zero-order valence-corrected chi connectivity index (χ0v) is 16.9. The SMILES string of the molecule is Cc1ccc(CN2CCN(C(=O)NCCCn3cc(C)cn3)C(C)C2=O)cc1. The number of carbonyl (C=O) groups is 2. The van der Waals surface area contributed by atoms with Crippen molar-refractivity contribution in [1.29, 1.82) is 0 Å². The second-order valence-electron chi connectivity index (χ2n) is 7.48. The number of piperazine rings is 1. The molecule has 1 aliphatic rings. The summed E-state index contributed by atoms with van der Waals surface area (Å²) in [4.78, 5) is 28.7. The number of aromatic nitrogens is 2. The number of nitrogens with zero attached hydrogens (tertiary/aromatic N) is 4. The van der Waals surface area contributed by atoms with Crippen LogP contribution < -0.4 is 5.32 Å². The standard InChI is InChI=1S/C21H29N5O2/c1-16-5-7-19(8-6-16)15-24-11-12-26(18(3)20(24)27)21(28)22-9-4-10-25-14-17(2)13-23-25/h5-8,13-14,18H,4,9-12,15H2,1-3H3,(H,22,28). The van der Waals surface area contributed by atoms with E-state index in [-0.39, 0.29) is 11.9 Å². The monoisotopic (exact) mass is 383 g/mol. The normalized spacial score (nSPS) is 17.1. The molecule has 1 N–H and O–H groups in total. The fourth-order valence-corrected chi connectivity index (χ4v) is 3.41. The van der Waals surface area contributed by atoms with Gasteiger partial charge in [0, 0.05) is 38.9 Å². The smallest absolute Gasteiger partial charge is 0.318 e. The first kappa shape index (κ1) is 19.9. The number of amides is 3. The van der Waals surface area contributed by atoms with E-state index in [2.05, 4.69) is 22.5 Å². The Labute approximate surface area is 166 Å². The maximum Gasteiger partial charge on any atom is 0.318 e. The molecule has 0 aliphatic carbocycles. The summed E-state index contributed by atoms with van der Waals surface area (Å²) in [7, 11) is 0. The molecule has 28 heavy (non-hydrogen) atoms. The molecule has 0 saturated carbocycles. The zero-order valence-electron chi connectivity index (χ0n) is 16.9. The number of benzene rings is 1. The molecule has 1 fully saturated rings. The first-order valence-electron chi connectivity index (χ1n) is 9.82. The first-order valence-corrected chi connectivity index (χ1v) is 9.82. The molecule has 3 amide bonds. The Balaban J connectivity index is 1.45. The lowest BCUT2D eigenvalue weighted by atomic mass is 10.1. The molecule has 0 radical (unpaired) electrons. The number of hydrogen-bond acceptors (Lipinski definition) is 3. The molecule has 7 heteroatoms. The van der Waals surface area contributed by atoms with E-state index < -0.39 is 6.04 Å². The van der Waals surface area contributed by atoms with Gasteiger partial charge in [-0.2, -0.15) is 5.10 Å². The Bertz CT molecular complexity index is 814. The van der Waals surface area contributed by atoms with Crippen LogP contribution >= 0.6 is 0 Å². The van der Waals surface area contributed by atoms with Crippen molar-refractivity contribution >= 4 is 11.9 Å². The Morgan fingerprint density at radius 2 is 1.93 bits per heavy atom. The Morgan fingerprint density at radius 3 is 2.61 bits per heavy atom. The highest BCUT2D eigenvalue weighted by molar-refractivity contribution is 5.88. The molecule has 0 spiro atoms. The lowest BCUT2D eigenvalue weighted by molar-refractivity contribution is -0.139. The van der Waals surface area contributed by atoms with E-state index in [4.69, 9.17) is 0 Å². The third kappa shape index (κ3) is 4.91. The van der Waals surface area contributed by atoms with Crippen LogP contribution in [0.5, 0.6) is 0 Å². The van der Waals surface area contributed by atoms with E-state index in [9.17, 15) is 9.59 Å². The van der Waals surface area contributed by atoms with E-state index in [0.717, 1.165) is 24.1 Å². The van der Waals surface area contributed by atoms with E-state index in [1.165, 1.54) is 5.56 Å². The van der Waals surface area contributed by atoms with Crippen molar-refractivity contribution in [3.63, 3.8) is 0 Å². The summed E-state index contributed by atoms with van der Waals surface area (Å²) in [6, 6.07) is 7.58. The van der Waals surface area contributed by atoms with Crippen LogP contribution in [0.25, 0.3) is 0 Å². The summed E-state index contributed by atoms with van der Waals surface area (Å²) in [5, 5.41) is 7.16. The van der Waals surface area contributed by atoms with Gasteiger partial charge in [0.1, 0.15) is 6.04 Å². The van der Waals surface area contributed by atoms with Crippen molar-refractivity contribution in [2.24, 2.45) is 0 Å². The van der Waals surface area contributed by atoms with E-state index in [0.29, 0.717) is 26.2 Å². The predicted molar refractivity (Wildman–Crippen MR) is 108 cm³/mol. The van der Waals surface area contributed by atoms with Gasteiger partial charge in [-0.1, -0.05) is 29.8 Å². The second kappa shape index (κ2) is 8.91. The molecule has 3 rings (SSSR count). The second-order valence-corrected chi connectivity index (χ2v) is 7.48. The maximum absolute atomic E-state index is 12.7. The van der Waals surface area contributed by atoms with Crippen LogP contribution in [0.15, 0.2) is 36.7 Å². The Kier molecular flexibility index (Phi) is 6.34. The van der Waals surface area contributed by atoms with Crippen LogP contribution in [-0.2, 0) is 17.9 Å². The summed E-state index contributed by atoms with van der Waals surface area (Å²) in [5.74, 6) is -0.00556. The van der Waals surface area contributed by atoms with Crippen LogP contribution in [0.2, 0.25) is 0 Å². The third-order valence-corrected chi connectivity index (χ3v) is 5.10. The van der Waals surface area contributed by atoms with Crippen molar-refractivity contribution in [3.8, 4) is 0 Å². The first-order chi connectivity index (χ1) is 13.4. The summed E-state index contributed by atoms with van der Waals surface area (Å²) in [6.45, 7) is 8.85. The maximum atomic E-state index is 12.7. The summed E-state index contributed by atoms with van der Waals surface area (Å²) < 4.78 is 1.87. The van der Waals surface area contributed by atoms with Crippen LogP contribution in [0, 0.1) is 13.8 Å². The average Bonchev–Trinajstić information content (AvgIpc) is 3.09. The van der Waals surface area contributed by atoms with E-state index in [1.54, 1.807) is 11.8 Å². The molecule has 0 bridgehead atoms. The number of carbonyl (C=O) groups excluding carboxylic acids is 2. The fraction of sp³-hybridized carbons (Fsp3) is 0.476. The molecule has 1 aliphatic heterocycles. The Hall–Kier alpha value is -2.83. The lowest BCUT2D eigenvalue weighted by Crippen LogP contribution is -2.59. The van der Waals surface area contributed by atoms with Crippen LogP contribution in [-0.4, -0.2) is 57.2 Å². The van der Waals surface area contributed by atoms with Gasteiger partial charge < -0.3 is 15.1 Å². The van der Waals surface area contributed by atoms with Gasteiger partial charge >= 0.3 is 6.03 Å². The van der Waals surface area contributed by atoms with Crippen molar-refractivity contribution in [3.05, 3.63) is 53.3 Å².